The minimum Gasteiger partial charge on any atom is -0.208 e. The van der Waals surface area contributed by atoms with Crippen molar-refractivity contribution < 1.29 is 0 Å². The zero-order valence-corrected chi connectivity index (χ0v) is 26.6. The molecule has 0 spiro atoms. The summed E-state index contributed by atoms with van der Waals surface area (Å²) in [5.41, 5.74) is 10.5. The maximum absolute atomic E-state index is 5.14. The number of fused-ring (bicyclic) bond motifs is 4. The van der Waals surface area contributed by atoms with Crippen LogP contribution in [0.15, 0.2) is 140 Å². The fourth-order valence-electron chi connectivity index (χ4n) is 7.01. The molecule has 0 amide bonds. The highest BCUT2D eigenvalue weighted by atomic mass is 15.0. The number of nitrogens with zero attached hydrogens (tertiary/aromatic N) is 3. The van der Waals surface area contributed by atoms with E-state index >= 15 is 0 Å². The standard InChI is InChI=1S/C43H35N3/c1-42(2)37-22-14-13-21-33(37)35-27-32(23-24-38(35)43(42,3)4)34-25-30-19-11-12-20-31(30)26-36(34)41-45-39(28-15-7-5-8-16-28)44-40(46-41)29-17-9-6-10-18-29/h5-27H,1-4H3. The highest BCUT2D eigenvalue weighted by Gasteiger charge is 2.45. The second-order valence-corrected chi connectivity index (χ2v) is 13.3. The summed E-state index contributed by atoms with van der Waals surface area (Å²) in [5.74, 6) is 1.98. The van der Waals surface area contributed by atoms with Gasteiger partial charge >= 0.3 is 0 Å². The van der Waals surface area contributed by atoms with Crippen molar-refractivity contribution in [3.63, 3.8) is 0 Å². The van der Waals surface area contributed by atoms with Crippen LogP contribution in [0.1, 0.15) is 38.8 Å². The first-order valence-corrected chi connectivity index (χ1v) is 16.0. The Kier molecular flexibility index (Phi) is 6.47. The van der Waals surface area contributed by atoms with Gasteiger partial charge < -0.3 is 0 Å². The monoisotopic (exact) mass is 593 g/mol. The van der Waals surface area contributed by atoms with E-state index in [1.807, 2.05) is 36.4 Å². The van der Waals surface area contributed by atoms with Crippen molar-refractivity contribution in [2.45, 2.75) is 38.5 Å². The molecular weight excluding hydrogens is 558 g/mol. The summed E-state index contributed by atoms with van der Waals surface area (Å²) >= 11 is 0. The molecule has 0 atom stereocenters. The van der Waals surface area contributed by atoms with Gasteiger partial charge in [-0.3, -0.25) is 0 Å². The summed E-state index contributed by atoms with van der Waals surface area (Å²) in [6.45, 7) is 9.51. The summed E-state index contributed by atoms with van der Waals surface area (Å²) in [6.07, 6.45) is 0. The smallest absolute Gasteiger partial charge is 0.164 e. The predicted molar refractivity (Wildman–Crippen MR) is 191 cm³/mol. The van der Waals surface area contributed by atoms with Crippen molar-refractivity contribution >= 4 is 10.8 Å². The van der Waals surface area contributed by atoms with Gasteiger partial charge in [0.1, 0.15) is 0 Å². The third-order valence-corrected chi connectivity index (χ3v) is 10.3. The second-order valence-electron chi connectivity index (χ2n) is 13.3. The molecule has 1 heterocycles. The lowest BCUT2D eigenvalue weighted by molar-refractivity contribution is 0.299. The SMILES string of the molecule is CC1(C)c2ccccc2-c2cc(-c3cc4ccccc4cc3-c3nc(-c4ccccc4)nc(-c4ccccc4)n3)ccc2C1(C)C. The Morgan fingerprint density at radius 2 is 0.826 bits per heavy atom. The lowest BCUT2D eigenvalue weighted by atomic mass is 9.55. The fraction of sp³-hybridized carbons (Fsp3) is 0.140. The van der Waals surface area contributed by atoms with E-state index in [1.165, 1.54) is 27.6 Å². The first-order valence-electron chi connectivity index (χ1n) is 16.0. The fourth-order valence-corrected chi connectivity index (χ4v) is 7.01. The number of benzene rings is 6. The zero-order valence-electron chi connectivity index (χ0n) is 26.6. The van der Waals surface area contributed by atoms with Crippen LogP contribution in [-0.4, -0.2) is 15.0 Å². The van der Waals surface area contributed by atoms with Crippen LogP contribution in [0.5, 0.6) is 0 Å². The van der Waals surface area contributed by atoms with Crippen molar-refractivity contribution in [1.29, 1.82) is 0 Å². The molecule has 0 aliphatic heterocycles. The topological polar surface area (TPSA) is 38.7 Å². The van der Waals surface area contributed by atoms with Gasteiger partial charge in [0.15, 0.2) is 17.5 Å². The summed E-state index contributed by atoms with van der Waals surface area (Å²) in [5, 5.41) is 2.33. The average Bonchev–Trinajstić information content (AvgIpc) is 3.11. The molecule has 3 nitrogen and oxygen atoms in total. The first-order chi connectivity index (χ1) is 22.3. The molecule has 6 aromatic carbocycles. The van der Waals surface area contributed by atoms with Crippen LogP contribution >= 0.6 is 0 Å². The normalized spacial score (nSPS) is 14.4. The maximum atomic E-state index is 5.14. The van der Waals surface area contributed by atoms with E-state index in [1.54, 1.807) is 0 Å². The zero-order chi connectivity index (χ0) is 31.5. The molecule has 0 unspecified atom stereocenters. The molecular formula is C43H35N3. The van der Waals surface area contributed by atoms with Crippen molar-refractivity contribution in [3.8, 4) is 56.4 Å². The van der Waals surface area contributed by atoms with E-state index < -0.39 is 0 Å². The Hall–Kier alpha value is -5.41. The van der Waals surface area contributed by atoms with Gasteiger partial charge in [0, 0.05) is 16.7 Å². The first kappa shape index (κ1) is 28.1. The predicted octanol–water partition coefficient (Wildman–Crippen LogP) is 10.9. The molecule has 46 heavy (non-hydrogen) atoms. The average molecular weight is 594 g/mol. The van der Waals surface area contributed by atoms with Crippen LogP contribution < -0.4 is 0 Å². The Morgan fingerprint density at radius 1 is 0.348 bits per heavy atom. The molecule has 7 aromatic rings. The van der Waals surface area contributed by atoms with Crippen LogP contribution in [-0.2, 0) is 10.8 Å². The molecule has 1 aromatic heterocycles. The van der Waals surface area contributed by atoms with Crippen LogP contribution in [0.3, 0.4) is 0 Å². The van der Waals surface area contributed by atoms with Crippen molar-refractivity contribution in [2.75, 3.05) is 0 Å². The molecule has 1 aliphatic rings. The molecule has 8 rings (SSSR count). The minimum atomic E-state index is -0.0508. The van der Waals surface area contributed by atoms with E-state index in [9.17, 15) is 0 Å². The second kappa shape index (κ2) is 10.6. The molecule has 0 fully saturated rings. The van der Waals surface area contributed by atoms with Crippen LogP contribution in [0.2, 0.25) is 0 Å². The van der Waals surface area contributed by atoms with E-state index in [0.717, 1.165) is 33.2 Å². The summed E-state index contributed by atoms with van der Waals surface area (Å²) in [4.78, 5) is 15.2. The van der Waals surface area contributed by atoms with Gasteiger partial charge in [0.05, 0.1) is 0 Å². The van der Waals surface area contributed by atoms with Gasteiger partial charge in [-0.2, -0.15) is 0 Å². The molecule has 0 bridgehead atoms. The number of aromatic nitrogens is 3. The number of hydrogen-bond acceptors (Lipinski definition) is 3. The highest BCUT2D eigenvalue weighted by molar-refractivity contribution is 5.96. The highest BCUT2D eigenvalue weighted by Crippen LogP contribution is 2.54. The van der Waals surface area contributed by atoms with Gasteiger partial charge in [0.2, 0.25) is 0 Å². The third kappa shape index (κ3) is 4.46. The van der Waals surface area contributed by atoms with Gasteiger partial charge in [-0.15, -0.1) is 0 Å². The largest absolute Gasteiger partial charge is 0.208 e. The molecule has 1 aliphatic carbocycles. The summed E-state index contributed by atoms with van der Waals surface area (Å²) < 4.78 is 0. The van der Waals surface area contributed by atoms with Gasteiger partial charge in [-0.1, -0.05) is 149 Å². The van der Waals surface area contributed by atoms with Crippen LogP contribution in [0.25, 0.3) is 67.2 Å². The van der Waals surface area contributed by atoms with Gasteiger partial charge in [-0.05, 0) is 73.2 Å². The van der Waals surface area contributed by atoms with Crippen LogP contribution in [0.4, 0.5) is 0 Å². The Morgan fingerprint density at radius 3 is 1.43 bits per heavy atom. The Labute approximate surface area is 270 Å². The summed E-state index contributed by atoms with van der Waals surface area (Å²) in [6, 6.07) is 49.3. The minimum absolute atomic E-state index is 0.0151. The molecule has 0 N–H and O–H groups in total. The maximum Gasteiger partial charge on any atom is 0.164 e. The Balaban J connectivity index is 1.39. The van der Waals surface area contributed by atoms with E-state index in [-0.39, 0.29) is 10.8 Å². The van der Waals surface area contributed by atoms with Gasteiger partial charge in [-0.25, -0.2) is 15.0 Å². The van der Waals surface area contributed by atoms with E-state index in [0.29, 0.717) is 17.5 Å². The van der Waals surface area contributed by atoms with E-state index in [4.69, 9.17) is 15.0 Å². The Bertz CT molecular complexity index is 2190. The van der Waals surface area contributed by atoms with Crippen molar-refractivity contribution in [1.82, 2.24) is 15.0 Å². The molecule has 0 saturated carbocycles. The molecule has 0 radical (unpaired) electrons. The lowest BCUT2D eigenvalue weighted by Gasteiger charge is -2.48. The van der Waals surface area contributed by atoms with E-state index in [2.05, 4.69) is 131 Å². The number of hydrogen-bond donors (Lipinski definition) is 0. The third-order valence-electron chi connectivity index (χ3n) is 10.3. The lowest BCUT2D eigenvalue weighted by Crippen LogP contribution is -2.43. The van der Waals surface area contributed by atoms with Crippen molar-refractivity contribution in [3.05, 3.63) is 151 Å². The number of rotatable bonds is 4. The quantitative estimate of drug-likeness (QED) is 0.204. The van der Waals surface area contributed by atoms with Gasteiger partial charge in [0.25, 0.3) is 0 Å². The van der Waals surface area contributed by atoms with Crippen LogP contribution in [0, 0.1) is 0 Å². The molecule has 0 saturated heterocycles. The van der Waals surface area contributed by atoms with Crippen molar-refractivity contribution in [2.24, 2.45) is 0 Å². The summed E-state index contributed by atoms with van der Waals surface area (Å²) in [7, 11) is 0. The molecule has 3 heteroatoms. The molecule has 222 valence electrons.